The Hall–Kier alpha value is -2.26. The lowest BCUT2D eigenvalue weighted by atomic mass is 10.1. The van der Waals surface area contributed by atoms with Crippen molar-refractivity contribution in [2.45, 2.75) is 13.5 Å². The van der Waals surface area contributed by atoms with Crippen LogP contribution in [0.25, 0.3) is 0 Å². The number of nitrogens with two attached hydrogens (primary N) is 1. The van der Waals surface area contributed by atoms with Gasteiger partial charge in [0.1, 0.15) is 5.75 Å². The van der Waals surface area contributed by atoms with Gasteiger partial charge in [-0.2, -0.15) is 5.26 Å². The van der Waals surface area contributed by atoms with E-state index >= 15 is 0 Å². The second-order valence-electron chi connectivity index (χ2n) is 4.59. The van der Waals surface area contributed by atoms with Gasteiger partial charge in [-0.25, -0.2) is 0 Å². The predicted molar refractivity (Wildman–Crippen MR) is 84.4 cm³/mol. The predicted octanol–water partition coefficient (Wildman–Crippen LogP) is 2.43. The van der Waals surface area contributed by atoms with Crippen LogP contribution in [0.1, 0.15) is 16.7 Å². The molecule has 1 aromatic heterocycles. The van der Waals surface area contributed by atoms with Gasteiger partial charge in [0.05, 0.1) is 35.4 Å². The van der Waals surface area contributed by atoms with E-state index in [1.807, 2.05) is 0 Å². The molecule has 6 heteroatoms. The zero-order valence-electron chi connectivity index (χ0n) is 11.7. The van der Waals surface area contributed by atoms with Crippen LogP contribution in [0.2, 0.25) is 0 Å². The summed E-state index contributed by atoms with van der Waals surface area (Å²) in [7, 11) is 1.55. The van der Waals surface area contributed by atoms with Crippen molar-refractivity contribution >= 4 is 21.6 Å². The van der Waals surface area contributed by atoms with Gasteiger partial charge in [0.2, 0.25) is 0 Å². The van der Waals surface area contributed by atoms with Gasteiger partial charge < -0.3 is 15.0 Å². The van der Waals surface area contributed by atoms with E-state index in [4.69, 9.17) is 15.7 Å². The minimum Gasteiger partial charge on any atom is -0.496 e. The van der Waals surface area contributed by atoms with Crippen LogP contribution in [0, 0.1) is 18.3 Å². The Morgan fingerprint density at radius 2 is 2.19 bits per heavy atom. The summed E-state index contributed by atoms with van der Waals surface area (Å²) in [6, 6.07) is 7.16. The highest BCUT2D eigenvalue weighted by atomic mass is 79.9. The molecule has 21 heavy (non-hydrogen) atoms. The largest absolute Gasteiger partial charge is 0.496 e. The molecule has 0 aliphatic rings. The first kappa shape index (κ1) is 15.1. The van der Waals surface area contributed by atoms with Crippen molar-refractivity contribution in [2.24, 2.45) is 0 Å². The number of rotatable bonds is 3. The molecule has 108 valence electrons. The van der Waals surface area contributed by atoms with Crippen molar-refractivity contribution in [1.82, 2.24) is 4.57 Å². The number of ether oxygens (including phenoxy) is 1. The van der Waals surface area contributed by atoms with Crippen molar-refractivity contribution in [1.29, 1.82) is 5.26 Å². The number of anilines is 1. The molecule has 0 amide bonds. The van der Waals surface area contributed by atoms with Gasteiger partial charge in [-0.05, 0) is 46.6 Å². The van der Waals surface area contributed by atoms with Gasteiger partial charge in [-0.3, -0.25) is 4.79 Å². The van der Waals surface area contributed by atoms with E-state index in [1.165, 1.54) is 4.57 Å². The molecule has 0 fully saturated rings. The lowest BCUT2D eigenvalue weighted by Gasteiger charge is -2.13. The number of methoxy groups -OCH3 is 1. The Kier molecular flexibility index (Phi) is 4.34. The Morgan fingerprint density at radius 3 is 2.81 bits per heavy atom. The van der Waals surface area contributed by atoms with Gasteiger partial charge in [0.25, 0.3) is 5.56 Å². The summed E-state index contributed by atoms with van der Waals surface area (Å²) in [5.74, 6) is 0.621. The summed E-state index contributed by atoms with van der Waals surface area (Å²) in [5.41, 5.74) is 8.22. The maximum atomic E-state index is 12.3. The maximum Gasteiger partial charge on any atom is 0.265 e. The number of pyridine rings is 1. The summed E-state index contributed by atoms with van der Waals surface area (Å²) in [4.78, 5) is 12.3. The van der Waals surface area contributed by atoms with Crippen LogP contribution in [0.15, 0.2) is 33.7 Å². The fourth-order valence-electron chi connectivity index (χ4n) is 2.01. The summed E-state index contributed by atoms with van der Waals surface area (Å²) >= 11 is 3.26. The fourth-order valence-corrected chi connectivity index (χ4v) is 2.47. The number of nitrogens with zero attached hydrogens (tertiary/aromatic N) is 2. The molecule has 0 saturated carbocycles. The molecule has 0 radical (unpaired) electrons. The van der Waals surface area contributed by atoms with Crippen LogP contribution in [0.3, 0.4) is 0 Å². The number of benzene rings is 1. The summed E-state index contributed by atoms with van der Waals surface area (Å²) in [6.07, 6.45) is 1.60. The van der Waals surface area contributed by atoms with Gasteiger partial charge in [0, 0.05) is 11.8 Å². The lowest BCUT2D eigenvalue weighted by Crippen LogP contribution is -2.23. The molecule has 2 rings (SSSR count). The first-order valence-electron chi connectivity index (χ1n) is 6.20. The van der Waals surface area contributed by atoms with E-state index in [2.05, 4.69) is 22.0 Å². The smallest absolute Gasteiger partial charge is 0.265 e. The number of hydrogen-bond donors (Lipinski definition) is 1. The molecule has 0 unspecified atom stereocenters. The highest BCUT2D eigenvalue weighted by molar-refractivity contribution is 9.10. The van der Waals surface area contributed by atoms with Crippen molar-refractivity contribution in [3.63, 3.8) is 0 Å². The van der Waals surface area contributed by atoms with E-state index in [-0.39, 0.29) is 12.1 Å². The van der Waals surface area contributed by atoms with Crippen LogP contribution < -0.4 is 16.0 Å². The van der Waals surface area contributed by atoms with E-state index in [0.717, 1.165) is 5.56 Å². The molecule has 2 aromatic rings. The van der Waals surface area contributed by atoms with Gasteiger partial charge in [0.15, 0.2) is 0 Å². The number of halogens is 1. The van der Waals surface area contributed by atoms with Crippen LogP contribution in [0.5, 0.6) is 5.75 Å². The Bertz CT molecular complexity index is 791. The number of hydrogen-bond acceptors (Lipinski definition) is 4. The summed E-state index contributed by atoms with van der Waals surface area (Å²) in [5, 5.41) is 8.98. The van der Waals surface area contributed by atoms with Crippen LogP contribution in [-0.4, -0.2) is 11.7 Å². The molecule has 0 atom stereocenters. The average Bonchev–Trinajstić information content (AvgIpc) is 2.50. The molecule has 5 nitrogen and oxygen atoms in total. The molecule has 2 N–H and O–H groups in total. The highest BCUT2D eigenvalue weighted by Gasteiger charge is 2.11. The van der Waals surface area contributed by atoms with Crippen molar-refractivity contribution in [2.75, 3.05) is 12.8 Å². The zero-order valence-corrected chi connectivity index (χ0v) is 13.3. The fraction of sp³-hybridized carbons (Fsp3) is 0.200. The third-order valence-electron chi connectivity index (χ3n) is 3.26. The molecule has 0 bridgehead atoms. The quantitative estimate of drug-likeness (QED) is 0.924. The third-order valence-corrected chi connectivity index (χ3v) is 4.19. The first-order valence-corrected chi connectivity index (χ1v) is 6.99. The van der Waals surface area contributed by atoms with Gasteiger partial charge in [-0.15, -0.1) is 0 Å². The lowest BCUT2D eigenvalue weighted by molar-refractivity contribution is 0.408. The molecular formula is C15H14BrN3O2. The number of nitrogen functional groups attached to an aromatic ring is 1. The van der Waals surface area contributed by atoms with Crippen molar-refractivity contribution in [3.8, 4) is 11.8 Å². The standard InChI is InChI=1S/C15H14BrN3O2/c1-9-12(18)8-19(15(20)14(9)16)7-11-5-10(6-17)3-4-13(11)21-2/h3-5,8H,7,18H2,1-2H3. The number of nitriles is 1. The average molecular weight is 348 g/mol. The second kappa shape index (κ2) is 6.02. The topological polar surface area (TPSA) is 81.0 Å². The Morgan fingerprint density at radius 1 is 1.48 bits per heavy atom. The normalized spacial score (nSPS) is 10.2. The molecule has 1 aromatic carbocycles. The van der Waals surface area contributed by atoms with Crippen molar-refractivity contribution in [3.05, 3.63) is 55.9 Å². The minimum absolute atomic E-state index is 0.175. The molecule has 0 saturated heterocycles. The molecule has 0 aliphatic carbocycles. The third kappa shape index (κ3) is 2.93. The SMILES string of the molecule is COc1ccc(C#N)cc1Cn1cc(N)c(C)c(Br)c1=O. The molecule has 0 spiro atoms. The molecule has 0 aliphatic heterocycles. The Balaban J connectivity index is 2.53. The maximum absolute atomic E-state index is 12.3. The van der Waals surface area contributed by atoms with Crippen LogP contribution in [0.4, 0.5) is 5.69 Å². The van der Waals surface area contributed by atoms with E-state index in [9.17, 15) is 4.79 Å². The van der Waals surface area contributed by atoms with E-state index < -0.39 is 0 Å². The monoisotopic (exact) mass is 347 g/mol. The van der Waals surface area contributed by atoms with E-state index in [1.54, 1.807) is 38.4 Å². The minimum atomic E-state index is -0.175. The molecular weight excluding hydrogens is 334 g/mol. The zero-order chi connectivity index (χ0) is 15.6. The van der Waals surface area contributed by atoms with Gasteiger partial charge >= 0.3 is 0 Å². The van der Waals surface area contributed by atoms with E-state index in [0.29, 0.717) is 27.0 Å². The van der Waals surface area contributed by atoms with Gasteiger partial charge in [-0.1, -0.05) is 0 Å². The second-order valence-corrected chi connectivity index (χ2v) is 5.39. The first-order chi connectivity index (χ1) is 9.97. The summed E-state index contributed by atoms with van der Waals surface area (Å²) < 4.78 is 7.21. The van der Waals surface area contributed by atoms with Crippen LogP contribution in [-0.2, 0) is 6.54 Å². The van der Waals surface area contributed by atoms with Crippen molar-refractivity contribution < 1.29 is 4.74 Å². The summed E-state index contributed by atoms with van der Waals surface area (Å²) in [6.45, 7) is 2.06. The Labute approximate surface area is 130 Å². The molecule has 1 heterocycles. The highest BCUT2D eigenvalue weighted by Crippen LogP contribution is 2.22. The van der Waals surface area contributed by atoms with Crippen LogP contribution >= 0.6 is 15.9 Å². The number of aromatic nitrogens is 1.